The number of aromatic amines is 1. The van der Waals surface area contributed by atoms with Gasteiger partial charge in [0.25, 0.3) is 0 Å². The molecule has 0 aliphatic carbocycles. The van der Waals surface area contributed by atoms with Gasteiger partial charge < -0.3 is 4.74 Å². The fraction of sp³-hybridized carbons (Fsp3) is 0.455. The molecule has 18 heavy (non-hydrogen) atoms. The molecule has 0 saturated carbocycles. The van der Waals surface area contributed by atoms with Crippen LogP contribution >= 0.6 is 39.5 Å². The van der Waals surface area contributed by atoms with Gasteiger partial charge >= 0.3 is 0 Å². The SMILES string of the molecule is CCOCCCn1c(-c2cc(Br)cs2)n[nH]c1=S. The van der Waals surface area contributed by atoms with Crippen LogP contribution in [0.25, 0.3) is 10.7 Å². The van der Waals surface area contributed by atoms with E-state index in [0.717, 1.165) is 41.4 Å². The summed E-state index contributed by atoms with van der Waals surface area (Å²) in [6.45, 7) is 4.32. The molecule has 0 aliphatic rings. The monoisotopic (exact) mass is 347 g/mol. The van der Waals surface area contributed by atoms with Crippen molar-refractivity contribution in [1.29, 1.82) is 0 Å². The molecular weight excluding hydrogens is 334 g/mol. The van der Waals surface area contributed by atoms with Crippen molar-refractivity contribution in [3.8, 4) is 10.7 Å². The first-order chi connectivity index (χ1) is 8.72. The molecule has 4 nitrogen and oxygen atoms in total. The molecule has 98 valence electrons. The normalized spacial score (nSPS) is 11.0. The van der Waals surface area contributed by atoms with Gasteiger partial charge in [-0.3, -0.25) is 9.67 Å². The fourth-order valence-corrected chi connectivity index (χ4v) is 3.26. The Balaban J connectivity index is 2.14. The van der Waals surface area contributed by atoms with Crippen molar-refractivity contribution in [1.82, 2.24) is 14.8 Å². The molecule has 0 fully saturated rings. The predicted molar refractivity (Wildman–Crippen MR) is 79.5 cm³/mol. The zero-order valence-corrected chi connectivity index (χ0v) is 13.2. The number of thiophene rings is 1. The van der Waals surface area contributed by atoms with Crippen molar-refractivity contribution in [3.63, 3.8) is 0 Å². The van der Waals surface area contributed by atoms with Crippen LogP contribution < -0.4 is 0 Å². The van der Waals surface area contributed by atoms with Crippen molar-refractivity contribution >= 4 is 39.5 Å². The van der Waals surface area contributed by atoms with E-state index < -0.39 is 0 Å². The molecule has 2 heterocycles. The van der Waals surface area contributed by atoms with Gasteiger partial charge in [0.05, 0.1) is 4.88 Å². The summed E-state index contributed by atoms with van der Waals surface area (Å²) in [5, 5.41) is 9.18. The number of aromatic nitrogens is 3. The fourth-order valence-electron chi connectivity index (χ4n) is 1.61. The third kappa shape index (κ3) is 3.28. The number of hydrogen-bond donors (Lipinski definition) is 1. The van der Waals surface area contributed by atoms with Gasteiger partial charge in [-0.05, 0) is 47.6 Å². The second-order valence-electron chi connectivity index (χ2n) is 3.68. The Morgan fingerprint density at radius 1 is 1.61 bits per heavy atom. The van der Waals surface area contributed by atoms with Gasteiger partial charge in [-0.15, -0.1) is 11.3 Å². The van der Waals surface area contributed by atoms with Gasteiger partial charge in [0.1, 0.15) is 0 Å². The van der Waals surface area contributed by atoms with Crippen LogP contribution in [0, 0.1) is 4.77 Å². The van der Waals surface area contributed by atoms with Crippen LogP contribution in [0.1, 0.15) is 13.3 Å². The van der Waals surface area contributed by atoms with Crippen LogP contribution in [-0.2, 0) is 11.3 Å². The maximum atomic E-state index is 5.34. The van der Waals surface area contributed by atoms with Crippen molar-refractivity contribution < 1.29 is 4.74 Å². The zero-order chi connectivity index (χ0) is 13.0. The lowest BCUT2D eigenvalue weighted by molar-refractivity contribution is 0.141. The highest BCUT2D eigenvalue weighted by Gasteiger charge is 2.10. The van der Waals surface area contributed by atoms with Crippen LogP contribution in [0.3, 0.4) is 0 Å². The predicted octanol–water partition coefficient (Wildman–Crippen LogP) is 3.86. The third-order valence-electron chi connectivity index (χ3n) is 2.42. The molecular formula is C11H14BrN3OS2. The van der Waals surface area contributed by atoms with E-state index in [4.69, 9.17) is 17.0 Å². The Bertz CT molecular complexity index is 561. The molecule has 0 radical (unpaired) electrons. The van der Waals surface area contributed by atoms with Gasteiger partial charge in [-0.1, -0.05) is 0 Å². The molecule has 0 saturated heterocycles. The Morgan fingerprint density at radius 3 is 3.11 bits per heavy atom. The first-order valence-electron chi connectivity index (χ1n) is 5.69. The molecule has 2 aromatic rings. The smallest absolute Gasteiger partial charge is 0.195 e. The number of hydrogen-bond acceptors (Lipinski definition) is 4. The van der Waals surface area contributed by atoms with E-state index in [1.165, 1.54) is 0 Å². The standard InChI is InChI=1S/C11H14BrN3OS2/c1-2-16-5-3-4-15-10(13-14-11(15)17)9-6-8(12)7-18-9/h6-7H,2-5H2,1H3,(H,14,17). The highest BCUT2D eigenvalue weighted by molar-refractivity contribution is 9.10. The second-order valence-corrected chi connectivity index (χ2v) is 5.90. The number of nitrogens with zero attached hydrogens (tertiary/aromatic N) is 2. The van der Waals surface area contributed by atoms with Crippen LogP contribution in [0.2, 0.25) is 0 Å². The molecule has 0 amide bonds. The van der Waals surface area contributed by atoms with E-state index in [2.05, 4.69) is 32.2 Å². The lowest BCUT2D eigenvalue weighted by Gasteiger charge is -2.05. The van der Waals surface area contributed by atoms with Gasteiger partial charge in [0.2, 0.25) is 0 Å². The molecule has 0 unspecified atom stereocenters. The van der Waals surface area contributed by atoms with Crippen molar-refractivity contribution in [2.75, 3.05) is 13.2 Å². The number of nitrogens with one attached hydrogen (secondary N) is 1. The molecule has 2 rings (SSSR count). The number of ether oxygens (including phenoxy) is 1. The summed E-state index contributed by atoms with van der Waals surface area (Å²) in [4.78, 5) is 1.10. The Hall–Kier alpha value is -0.500. The Morgan fingerprint density at radius 2 is 2.44 bits per heavy atom. The number of H-pyrrole nitrogens is 1. The Kier molecular flexibility index (Phi) is 5.11. The first-order valence-corrected chi connectivity index (χ1v) is 7.77. The molecule has 0 aliphatic heterocycles. The van der Waals surface area contributed by atoms with E-state index >= 15 is 0 Å². The minimum absolute atomic E-state index is 0.658. The summed E-state index contributed by atoms with van der Waals surface area (Å²) in [7, 11) is 0. The average molecular weight is 348 g/mol. The summed E-state index contributed by atoms with van der Waals surface area (Å²) < 4.78 is 9.08. The van der Waals surface area contributed by atoms with Crippen LogP contribution in [0.5, 0.6) is 0 Å². The molecule has 0 atom stereocenters. The van der Waals surface area contributed by atoms with Gasteiger partial charge in [-0.2, -0.15) is 5.10 Å². The highest BCUT2D eigenvalue weighted by Crippen LogP contribution is 2.28. The van der Waals surface area contributed by atoms with Gasteiger partial charge in [0.15, 0.2) is 10.6 Å². The molecule has 2 aromatic heterocycles. The minimum atomic E-state index is 0.658. The first kappa shape index (κ1) is 13.9. The highest BCUT2D eigenvalue weighted by atomic mass is 79.9. The lowest BCUT2D eigenvalue weighted by Crippen LogP contribution is -2.04. The summed E-state index contributed by atoms with van der Waals surface area (Å²) in [5.41, 5.74) is 0. The molecule has 0 bridgehead atoms. The van der Waals surface area contributed by atoms with Crippen LogP contribution in [0.4, 0.5) is 0 Å². The summed E-state index contributed by atoms with van der Waals surface area (Å²) in [6, 6.07) is 2.05. The lowest BCUT2D eigenvalue weighted by atomic mass is 10.4. The summed E-state index contributed by atoms with van der Waals surface area (Å²) >= 11 is 10.4. The van der Waals surface area contributed by atoms with E-state index in [9.17, 15) is 0 Å². The Labute approximate surface area is 123 Å². The third-order valence-corrected chi connectivity index (χ3v) is 4.42. The van der Waals surface area contributed by atoms with Crippen LogP contribution in [0.15, 0.2) is 15.9 Å². The van der Waals surface area contributed by atoms with E-state index in [0.29, 0.717) is 4.77 Å². The maximum Gasteiger partial charge on any atom is 0.195 e. The number of rotatable bonds is 6. The maximum absolute atomic E-state index is 5.34. The molecule has 0 spiro atoms. The zero-order valence-electron chi connectivity index (χ0n) is 9.98. The van der Waals surface area contributed by atoms with Crippen molar-refractivity contribution in [2.45, 2.75) is 19.9 Å². The van der Waals surface area contributed by atoms with Crippen LogP contribution in [-0.4, -0.2) is 28.0 Å². The largest absolute Gasteiger partial charge is 0.382 e. The van der Waals surface area contributed by atoms with E-state index in [-0.39, 0.29) is 0 Å². The van der Waals surface area contributed by atoms with E-state index in [1.54, 1.807) is 11.3 Å². The van der Waals surface area contributed by atoms with Crippen molar-refractivity contribution in [2.24, 2.45) is 0 Å². The molecule has 7 heteroatoms. The quantitative estimate of drug-likeness (QED) is 0.637. The summed E-state index contributed by atoms with van der Waals surface area (Å²) in [5.74, 6) is 0.896. The van der Waals surface area contributed by atoms with Gasteiger partial charge in [-0.25, -0.2) is 0 Å². The number of halogens is 1. The van der Waals surface area contributed by atoms with Crippen molar-refractivity contribution in [3.05, 3.63) is 20.7 Å². The summed E-state index contributed by atoms with van der Waals surface area (Å²) in [6.07, 6.45) is 0.932. The molecule has 1 N–H and O–H groups in total. The topological polar surface area (TPSA) is 42.8 Å². The average Bonchev–Trinajstić information content (AvgIpc) is 2.92. The minimum Gasteiger partial charge on any atom is -0.382 e. The second kappa shape index (κ2) is 6.60. The van der Waals surface area contributed by atoms with Gasteiger partial charge in [0, 0.05) is 29.6 Å². The molecule has 0 aromatic carbocycles. The van der Waals surface area contributed by atoms with E-state index in [1.807, 2.05) is 16.9 Å².